The van der Waals surface area contributed by atoms with E-state index in [0.29, 0.717) is 21.6 Å². The third kappa shape index (κ3) is 4.66. The molecular weight excluding hydrogens is 377 g/mol. The van der Waals surface area contributed by atoms with Crippen LogP contribution in [0.15, 0.2) is 54.6 Å². The molecule has 7 heteroatoms. The number of halogens is 2. The van der Waals surface area contributed by atoms with Crippen molar-refractivity contribution in [2.45, 2.75) is 6.54 Å². The smallest absolute Gasteiger partial charge is 0.282 e. The Morgan fingerprint density at radius 1 is 1.04 bits per heavy atom. The minimum absolute atomic E-state index is 0.261. The summed E-state index contributed by atoms with van der Waals surface area (Å²) < 4.78 is 0. The zero-order valence-electron chi connectivity index (χ0n) is 12.9. The Labute approximate surface area is 159 Å². The molecule has 1 aromatic heterocycles. The number of hydrogen-bond acceptors (Lipinski definition) is 4. The van der Waals surface area contributed by atoms with Crippen LogP contribution in [-0.4, -0.2) is 16.1 Å². The van der Waals surface area contributed by atoms with Gasteiger partial charge >= 0.3 is 0 Å². The number of rotatable bonds is 5. The van der Waals surface area contributed by atoms with Gasteiger partial charge in [0.05, 0.1) is 5.03 Å². The second-order valence-corrected chi connectivity index (χ2v) is 6.89. The molecule has 0 fully saturated rings. The molecule has 0 bridgehead atoms. The summed E-state index contributed by atoms with van der Waals surface area (Å²) in [4.78, 5) is 12.2. The molecule has 25 heavy (non-hydrogen) atoms. The van der Waals surface area contributed by atoms with Crippen LogP contribution in [0.3, 0.4) is 0 Å². The van der Waals surface area contributed by atoms with Gasteiger partial charge in [-0.25, -0.2) is 0 Å². The summed E-state index contributed by atoms with van der Waals surface area (Å²) >= 11 is 13.5. The van der Waals surface area contributed by atoms with Crippen LogP contribution in [0.1, 0.15) is 25.9 Å². The first kappa shape index (κ1) is 17.6. The van der Waals surface area contributed by atoms with E-state index in [4.69, 9.17) is 23.2 Å². The maximum Gasteiger partial charge on any atom is 0.282 e. The van der Waals surface area contributed by atoms with Crippen molar-refractivity contribution in [3.63, 3.8) is 0 Å². The van der Waals surface area contributed by atoms with Crippen molar-refractivity contribution in [3.8, 4) is 0 Å². The Kier molecular flexibility index (Phi) is 5.81. The van der Waals surface area contributed by atoms with Crippen LogP contribution < -0.4 is 5.32 Å². The van der Waals surface area contributed by atoms with Gasteiger partial charge in [-0.1, -0.05) is 83.1 Å². The summed E-state index contributed by atoms with van der Waals surface area (Å²) in [6.07, 6.45) is 1.70. The fourth-order valence-electron chi connectivity index (χ4n) is 2.06. The SMILES string of the molecule is O=C(NCc1ccccc1)c1nnc(/C(Cl)=C\c2ccccc2Cl)s1. The predicted molar refractivity (Wildman–Crippen MR) is 103 cm³/mol. The third-order valence-electron chi connectivity index (χ3n) is 3.31. The van der Waals surface area contributed by atoms with Gasteiger partial charge in [0.2, 0.25) is 5.01 Å². The number of carbonyl (C=O) groups is 1. The van der Waals surface area contributed by atoms with Gasteiger partial charge < -0.3 is 5.32 Å². The van der Waals surface area contributed by atoms with E-state index in [-0.39, 0.29) is 10.9 Å². The van der Waals surface area contributed by atoms with E-state index in [1.54, 1.807) is 12.1 Å². The number of benzene rings is 2. The number of nitrogens with zero attached hydrogens (tertiary/aromatic N) is 2. The first-order valence-electron chi connectivity index (χ1n) is 7.41. The van der Waals surface area contributed by atoms with E-state index in [0.717, 1.165) is 22.5 Å². The quantitative estimate of drug-likeness (QED) is 0.677. The summed E-state index contributed by atoms with van der Waals surface area (Å²) in [6, 6.07) is 17.0. The second kappa shape index (κ2) is 8.25. The minimum atomic E-state index is -0.283. The predicted octanol–water partition coefficient (Wildman–Crippen LogP) is 4.86. The van der Waals surface area contributed by atoms with E-state index in [2.05, 4.69) is 15.5 Å². The summed E-state index contributed by atoms with van der Waals surface area (Å²) in [7, 11) is 0. The first-order valence-corrected chi connectivity index (χ1v) is 8.98. The standard InChI is InChI=1S/C18H13Cl2N3OS/c19-14-9-5-4-8-13(14)10-15(20)17-22-23-18(25-17)16(24)21-11-12-6-2-1-3-7-12/h1-10H,11H2,(H,21,24)/b15-10+. The van der Waals surface area contributed by atoms with Crippen LogP contribution in [0.4, 0.5) is 0 Å². The average Bonchev–Trinajstić information content (AvgIpc) is 3.13. The van der Waals surface area contributed by atoms with Crippen molar-refractivity contribution >= 4 is 51.6 Å². The van der Waals surface area contributed by atoms with E-state index in [9.17, 15) is 4.79 Å². The van der Waals surface area contributed by atoms with Crippen molar-refractivity contribution in [2.75, 3.05) is 0 Å². The highest BCUT2D eigenvalue weighted by Gasteiger charge is 2.14. The summed E-state index contributed by atoms with van der Waals surface area (Å²) in [5, 5.41) is 12.4. The molecule has 0 aliphatic heterocycles. The fraction of sp³-hybridized carbons (Fsp3) is 0.0556. The highest BCUT2D eigenvalue weighted by molar-refractivity contribution is 7.15. The van der Waals surface area contributed by atoms with Gasteiger partial charge in [0.1, 0.15) is 0 Å². The maximum atomic E-state index is 12.2. The molecule has 3 aromatic rings. The maximum absolute atomic E-state index is 12.2. The molecule has 1 amide bonds. The zero-order chi connectivity index (χ0) is 17.6. The molecule has 4 nitrogen and oxygen atoms in total. The topological polar surface area (TPSA) is 54.9 Å². The molecule has 0 saturated heterocycles. The molecule has 0 aliphatic carbocycles. The lowest BCUT2D eigenvalue weighted by molar-refractivity contribution is 0.0950. The lowest BCUT2D eigenvalue weighted by Gasteiger charge is -2.02. The van der Waals surface area contributed by atoms with Crippen molar-refractivity contribution in [1.29, 1.82) is 0 Å². The summed E-state index contributed by atoms with van der Waals surface area (Å²) in [5.41, 5.74) is 1.79. The van der Waals surface area contributed by atoms with Crippen molar-refractivity contribution in [1.82, 2.24) is 15.5 Å². The fourth-order valence-corrected chi connectivity index (χ4v) is 3.18. The Morgan fingerprint density at radius 2 is 1.72 bits per heavy atom. The summed E-state index contributed by atoms with van der Waals surface area (Å²) in [5.74, 6) is -0.283. The van der Waals surface area contributed by atoms with Gasteiger partial charge in [-0.05, 0) is 23.3 Å². The number of hydrogen-bond donors (Lipinski definition) is 1. The number of amides is 1. The highest BCUT2D eigenvalue weighted by Crippen LogP contribution is 2.27. The monoisotopic (exact) mass is 389 g/mol. The van der Waals surface area contributed by atoms with E-state index in [1.165, 1.54) is 0 Å². The Hall–Kier alpha value is -2.21. The molecule has 3 rings (SSSR count). The van der Waals surface area contributed by atoms with Crippen LogP contribution >= 0.6 is 34.5 Å². The van der Waals surface area contributed by atoms with Gasteiger partial charge in [-0.3, -0.25) is 4.79 Å². The Bertz CT molecular complexity index is 909. The van der Waals surface area contributed by atoms with E-state index >= 15 is 0 Å². The van der Waals surface area contributed by atoms with Crippen LogP contribution in [-0.2, 0) is 6.54 Å². The van der Waals surface area contributed by atoms with Gasteiger partial charge in [0, 0.05) is 11.6 Å². The van der Waals surface area contributed by atoms with Gasteiger partial charge in [0.25, 0.3) is 5.91 Å². The van der Waals surface area contributed by atoms with Crippen molar-refractivity contribution in [3.05, 3.63) is 80.8 Å². The highest BCUT2D eigenvalue weighted by atomic mass is 35.5. The molecule has 0 spiro atoms. The molecule has 0 unspecified atom stereocenters. The molecule has 1 heterocycles. The number of aromatic nitrogens is 2. The molecule has 126 valence electrons. The van der Waals surface area contributed by atoms with Crippen LogP contribution in [0.2, 0.25) is 5.02 Å². The molecule has 0 aliphatic rings. The second-order valence-electron chi connectivity index (χ2n) is 5.09. The average molecular weight is 390 g/mol. The van der Waals surface area contributed by atoms with Gasteiger partial charge in [-0.2, -0.15) is 0 Å². The lowest BCUT2D eigenvalue weighted by Crippen LogP contribution is -2.22. The van der Waals surface area contributed by atoms with E-state index in [1.807, 2.05) is 48.5 Å². The largest absolute Gasteiger partial charge is 0.346 e. The molecular formula is C18H13Cl2N3OS. The summed E-state index contributed by atoms with van der Waals surface area (Å²) in [6.45, 7) is 0.428. The van der Waals surface area contributed by atoms with Crippen LogP contribution in [0.25, 0.3) is 11.1 Å². The Balaban J connectivity index is 1.69. The normalized spacial score (nSPS) is 11.4. The van der Waals surface area contributed by atoms with E-state index < -0.39 is 0 Å². The molecule has 0 radical (unpaired) electrons. The molecule has 0 saturated carbocycles. The van der Waals surface area contributed by atoms with Crippen molar-refractivity contribution in [2.24, 2.45) is 0 Å². The minimum Gasteiger partial charge on any atom is -0.346 e. The molecule has 1 N–H and O–H groups in total. The number of carbonyl (C=O) groups excluding carboxylic acids is 1. The first-order chi connectivity index (χ1) is 12.1. The molecule has 0 atom stereocenters. The van der Waals surface area contributed by atoms with Gasteiger partial charge in [-0.15, -0.1) is 10.2 Å². The van der Waals surface area contributed by atoms with Crippen LogP contribution in [0, 0.1) is 0 Å². The number of nitrogens with one attached hydrogen (secondary N) is 1. The lowest BCUT2D eigenvalue weighted by atomic mass is 10.2. The third-order valence-corrected chi connectivity index (χ3v) is 5.01. The zero-order valence-corrected chi connectivity index (χ0v) is 15.3. The Morgan fingerprint density at radius 3 is 2.48 bits per heavy atom. The van der Waals surface area contributed by atoms with Crippen LogP contribution in [0.5, 0.6) is 0 Å². The van der Waals surface area contributed by atoms with Crippen molar-refractivity contribution < 1.29 is 4.79 Å². The molecule has 2 aromatic carbocycles. The van der Waals surface area contributed by atoms with Gasteiger partial charge in [0.15, 0.2) is 5.01 Å².